The van der Waals surface area contributed by atoms with Crippen LogP contribution in [0.5, 0.6) is 11.5 Å². The van der Waals surface area contributed by atoms with Crippen LogP contribution in [0.1, 0.15) is 36.5 Å². The van der Waals surface area contributed by atoms with Gasteiger partial charge >= 0.3 is 0 Å². The van der Waals surface area contributed by atoms with Gasteiger partial charge in [0.2, 0.25) is 10.0 Å². The van der Waals surface area contributed by atoms with Crippen molar-refractivity contribution in [3.8, 4) is 11.5 Å². The summed E-state index contributed by atoms with van der Waals surface area (Å²) < 4.78 is 38.6. The van der Waals surface area contributed by atoms with Crippen LogP contribution in [-0.2, 0) is 10.0 Å². The highest BCUT2D eigenvalue weighted by Gasteiger charge is 2.18. The van der Waals surface area contributed by atoms with Crippen molar-refractivity contribution in [1.29, 1.82) is 0 Å². The van der Waals surface area contributed by atoms with Gasteiger partial charge in [0.05, 0.1) is 12.0 Å². The summed E-state index contributed by atoms with van der Waals surface area (Å²) in [5.41, 5.74) is 2.61. The predicted octanol–water partition coefficient (Wildman–Crippen LogP) is 3.79. The van der Waals surface area contributed by atoms with Gasteiger partial charge < -0.3 is 9.47 Å². The first kappa shape index (κ1) is 20.3. The van der Waals surface area contributed by atoms with Gasteiger partial charge in [0, 0.05) is 6.54 Å². The van der Waals surface area contributed by atoms with Crippen molar-refractivity contribution in [2.24, 2.45) is 0 Å². The number of aryl methyl sites for hydroxylation is 2. The van der Waals surface area contributed by atoms with E-state index >= 15 is 0 Å². The molecule has 0 heterocycles. The minimum atomic E-state index is -3.60. The lowest BCUT2D eigenvalue weighted by Gasteiger charge is -2.13. The maximum absolute atomic E-state index is 12.6. The number of hydrogen-bond donors (Lipinski definition) is 1. The highest BCUT2D eigenvalue weighted by molar-refractivity contribution is 7.89. The van der Waals surface area contributed by atoms with Crippen molar-refractivity contribution in [1.82, 2.24) is 4.72 Å². The molecule has 5 nitrogen and oxygen atoms in total. The van der Waals surface area contributed by atoms with Crippen molar-refractivity contribution in [3.63, 3.8) is 0 Å². The minimum absolute atomic E-state index is 0.193. The van der Waals surface area contributed by atoms with E-state index in [1.54, 1.807) is 26.2 Å². The van der Waals surface area contributed by atoms with Crippen molar-refractivity contribution in [2.45, 2.75) is 38.5 Å². The van der Waals surface area contributed by atoms with Crippen LogP contribution in [0, 0.1) is 13.8 Å². The molecule has 26 heavy (non-hydrogen) atoms. The Hall–Kier alpha value is -2.05. The molecule has 0 bridgehead atoms. The monoisotopic (exact) mass is 377 g/mol. The number of ether oxygens (including phenoxy) is 2. The van der Waals surface area contributed by atoms with Gasteiger partial charge in [0.1, 0.15) is 18.1 Å². The highest BCUT2D eigenvalue weighted by atomic mass is 32.2. The summed E-state index contributed by atoms with van der Waals surface area (Å²) in [6.07, 6.45) is 0. The number of methoxy groups -OCH3 is 1. The smallest absolute Gasteiger partial charge is 0.240 e. The molecule has 0 spiro atoms. The van der Waals surface area contributed by atoms with Crippen LogP contribution >= 0.6 is 0 Å². The quantitative estimate of drug-likeness (QED) is 0.711. The Morgan fingerprint density at radius 3 is 2.46 bits per heavy atom. The predicted molar refractivity (Wildman–Crippen MR) is 104 cm³/mol. The van der Waals surface area contributed by atoms with Crippen molar-refractivity contribution < 1.29 is 17.9 Å². The van der Waals surface area contributed by atoms with Gasteiger partial charge in [-0.1, -0.05) is 26.0 Å². The topological polar surface area (TPSA) is 64.6 Å². The molecule has 0 atom stereocenters. The van der Waals surface area contributed by atoms with Gasteiger partial charge in [0.25, 0.3) is 0 Å². The van der Waals surface area contributed by atoms with Gasteiger partial charge in [0.15, 0.2) is 0 Å². The van der Waals surface area contributed by atoms with E-state index in [0.29, 0.717) is 17.2 Å². The number of sulfonamides is 1. The molecule has 0 aliphatic carbocycles. The zero-order valence-electron chi connectivity index (χ0n) is 16.0. The third-order valence-corrected chi connectivity index (χ3v) is 5.77. The lowest BCUT2D eigenvalue weighted by molar-refractivity contribution is 0.322. The molecular formula is C20H27NO4S. The van der Waals surface area contributed by atoms with Gasteiger partial charge in [-0.2, -0.15) is 0 Å². The fraction of sp³-hybridized carbons (Fsp3) is 0.400. The van der Waals surface area contributed by atoms with Crippen LogP contribution in [-0.4, -0.2) is 28.7 Å². The minimum Gasteiger partial charge on any atom is -0.496 e. The second kappa shape index (κ2) is 8.56. The third kappa shape index (κ3) is 4.99. The molecule has 0 radical (unpaired) electrons. The van der Waals surface area contributed by atoms with E-state index in [-0.39, 0.29) is 18.0 Å². The average molecular weight is 378 g/mol. The van der Waals surface area contributed by atoms with E-state index in [2.05, 4.69) is 24.6 Å². The van der Waals surface area contributed by atoms with Gasteiger partial charge in [-0.3, -0.25) is 0 Å². The molecule has 0 saturated heterocycles. The number of rotatable bonds is 8. The van der Waals surface area contributed by atoms with Crippen molar-refractivity contribution in [3.05, 3.63) is 53.1 Å². The summed E-state index contributed by atoms with van der Waals surface area (Å²) in [5.74, 6) is 1.83. The molecule has 2 aromatic rings. The lowest BCUT2D eigenvalue weighted by atomic mass is 10.0. The maximum Gasteiger partial charge on any atom is 0.240 e. The standard InChI is InChI=1S/C20H27NO4S/c1-14(2)17-7-6-8-18(13-17)25-10-9-21-26(22,23)20-12-15(3)19(24-5)11-16(20)4/h6-8,11-14,21H,9-10H2,1-5H3. The first-order valence-electron chi connectivity index (χ1n) is 8.62. The second-order valence-corrected chi connectivity index (χ2v) is 8.30. The van der Waals surface area contributed by atoms with E-state index in [1.807, 2.05) is 25.1 Å². The summed E-state index contributed by atoms with van der Waals surface area (Å²) in [5, 5.41) is 0. The third-order valence-electron chi connectivity index (χ3n) is 4.17. The number of nitrogens with one attached hydrogen (secondary N) is 1. The molecule has 0 unspecified atom stereocenters. The summed E-state index contributed by atoms with van der Waals surface area (Å²) in [6.45, 7) is 8.26. The molecule has 0 fully saturated rings. The molecule has 0 amide bonds. The molecule has 0 saturated carbocycles. The Kier molecular flexibility index (Phi) is 6.67. The van der Waals surface area contributed by atoms with Crippen LogP contribution in [0.15, 0.2) is 41.3 Å². The van der Waals surface area contributed by atoms with E-state index in [1.165, 1.54) is 5.56 Å². The first-order chi connectivity index (χ1) is 12.2. The van der Waals surface area contributed by atoms with Gasteiger partial charge in [-0.15, -0.1) is 0 Å². The summed E-state index contributed by atoms with van der Waals surface area (Å²) in [6, 6.07) is 11.2. The Morgan fingerprint density at radius 1 is 1.08 bits per heavy atom. The van der Waals surface area contributed by atoms with E-state index in [4.69, 9.17) is 9.47 Å². The van der Waals surface area contributed by atoms with E-state index in [0.717, 1.165) is 11.3 Å². The molecule has 0 aliphatic rings. The van der Waals surface area contributed by atoms with E-state index < -0.39 is 10.0 Å². The van der Waals surface area contributed by atoms with Crippen LogP contribution in [0.25, 0.3) is 0 Å². The Balaban J connectivity index is 1.99. The van der Waals surface area contributed by atoms with E-state index in [9.17, 15) is 8.42 Å². The van der Waals surface area contributed by atoms with Gasteiger partial charge in [-0.25, -0.2) is 13.1 Å². The maximum atomic E-state index is 12.6. The Morgan fingerprint density at radius 2 is 1.81 bits per heavy atom. The SMILES string of the molecule is COc1cc(C)c(S(=O)(=O)NCCOc2cccc(C(C)C)c2)cc1C. The molecule has 142 valence electrons. The summed E-state index contributed by atoms with van der Waals surface area (Å²) in [7, 11) is -2.03. The molecular weight excluding hydrogens is 350 g/mol. The van der Waals surface area contributed by atoms with Crippen molar-refractivity contribution in [2.75, 3.05) is 20.3 Å². The fourth-order valence-corrected chi connectivity index (χ4v) is 3.98. The second-order valence-electron chi connectivity index (χ2n) is 6.56. The van der Waals surface area contributed by atoms with Crippen LogP contribution in [0.4, 0.5) is 0 Å². The zero-order valence-corrected chi connectivity index (χ0v) is 16.8. The first-order valence-corrected chi connectivity index (χ1v) is 10.1. The van der Waals surface area contributed by atoms with Gasteiger partial charge in [-0.05, 0) is 60.7 Å². The molecule has 0 aliphatic heterocycles. The lowest BCUT2D eigenvalue weighted by Crippen LogP contribution is -2.29. The fourth-order valence-electron chi connectivity index (χ4n) is 2.66. The largest absolute Gasteiger partial charge is 0.496 e. The number of benzene rings is 2. The van der Waals surface area contributed by atoms with Crippen LogP contribution in [0.3, 0.4) is 0 Å². The zero-order chi connectivity index (χ0) is 19.3. The molecule has 6 heteroatoms. The molecule has 2 rings (SSSR count). The van der Waals surface area contributed by atoms with Crippen molar-refractivity contribution >= 4 is 10.0 Å². The average Bonchev–Trinajstić information content (AvgIpc) is 2.60. The summed E-state index contributed by atoms with van der Waals surface area (Å²) >= 11 is 0. The van der Waals surface area contributed by atoms with Crippen LogP contribution in [0.2, 0.25) is 0 Å². The van der Waals surface area contributed by atoms with Crippen LogP contribution < -0.4 is 14.2 Å². The Labute approximate surface area is 156 Å². The molecule has 2 aromatic carbocycles. The summed E-state index contributed by atoms with van der Waals surface area (Å²) in [4.78, 5) is 0.262. The molecule has 0 aromatic heterocycles. The number of hydrogen-bond acceptors (Lipinski definition) is 4. The highest BCUT2D eigenvalue weighted by Crippen LogP contribution is 2.25. The normalized spacial score (nSPS) is 11.6. The molecule has 1 N–H and O–H groups in total. The Bertz CT molecular complexity index is 860.